The van der Waals surface area contributed by atoms with Gasteiger partial charge in [0.2, 0.25) is 0 Å². The molecule has 1 N–H and O–H groups in total. The van der Waals surface area contributed by atoms with Gasteiger partial charge in [-0.3, -0.25) is 4.79 Å². The predicted octanol–water partition coefficient (Wildman–Crippen LogP) is 2.02. The summed E-state index contributed by atoms with van der Waals surface area (Å²) in [7, 11) is -3.23. The van der Waals surface area contributed by atoms with E-state index in [2.05, 4.69) is 5.32 Å². The first-order valence-electron chi connectivity index (χ1n) is 6.88. The molecule has 1 unspecified atom stereocenters. The second-order valence-electron chi connectivity index (χ2n) is 4.78. The van der Waals surface area contributed by atoms with Crippen LogP contribution in [0, 0.1) is 0 Å². The summed E-state index contributed by atoms with van der Waals surface area (Å²) in [6.45, 7) is 2.65. The molecular formula is C14H18F3NO4S. The molecule has 0 aliphatic rings. The fraction of sp³-hybridized carbons (Fsp3) is 0.500. The third kappa shape index (κ3) is 6.09. The molecule has 1 aromatic carbocycles. The van der Waals surface area contributed by atoms with Crippen LogP contribution < -0.4 is 10.1 Å². The van der Waals surface area contributed by atoms with Gasteiger partial charge in [-0.2, -0.15) is 13.2 Å². The Balaban J connectivity index is 2.66. The highest BCUT2D eigenvalue weighted by Gasteiger charge is 2.34. The number of para-hydroxylation sites is 1. The van der Waals surface area contributed by atoms with Crippen molar-refractivity contribution in [2.75, 3.05) is 18.1 Å². The summed E-state index contributed by atoms with van der Waals surface area (Å²) < 4.78 is 66.1. The highest BCUT2D eigenvalue weighted by atomic mass is 32.2. The number of nitrogens with one attached hydrogen (secondary N) is 1. The van der Waals surface area contributed by atoms with Gasteiger partial charge in [0.25, 0.3) is 5.91 Å². The molecule has 9 heteroatoms. The third-order valence-corrected chi connectivity index (χ3v) is 4.72. The molecule has 130 valence electrons. The van der Waals surface area contributed by atoms with Crippen molar-refractivity contribution in [1.29, 1.82) is 0 Å². The van der Waals surface area contributed by atoms with Gasteiger partial charge in [-0.05, 0) is 19.1 Å². The number of halogens is 3. The third-order valence-electron chi connectivity index (χ3n) is 3.02. The fourth-order valence-electron chi connectivity index (χ4n) is 1.67. The van der Waals surface area contributed by atoms with Gasteiger partial charge in [-0.25, -0.2) is 8.42 Å². The van der Waals surface area contributed by atoms with E-state index >= 15 is 0 Å². The van der Waals surface area contributed by atoms with Crippen LogP contribution in [0.2, 0.25) is 0 Å². The standard InChI is InChI=1S/C14H18F3NO4S/c1-3-23(20,21)9-8-18-13(19)10(2)22-12-7-5-4-6-11(12)14(15,16)17/h4-7,10H,3,8-9H2,1-2H3,(H,18,19). The number of carbonyl (C=O) groups is 1. The van der Waals surface area contributed by atoms with Crippen LogP contribution in [0.25, 0.3) is 0 Å². The molecule has 1 aromatic rings. The van der Waals surface area contributed by atoms with E-state index in [1.54, 1.807) is 0 Å². The zero-order valence-electron chi connectivity index (χ0n) is 12.7. The first kappa shape index (κ1) is 19.3. The molecule has 0 heterocycles. The minimum atomic E-state index is -4.60. The number of sulfone groups is 1. The quantitative estimate of drug-likeness (QED) is 0.814. The van der Waals surface area contributed by atoms with Gasteiger partial charge in [0.15, 0.2) is 15.9 Å². The predicted molar refractivity (Wildman–Crippen MR) is 78.9 cm³/mol. The molecular weight excluding hydrogens is 335 g/mol. The Labute approximate surface area is 132 Å². The van der Waals surface area contributed by atoms with Gasteiger partial charge in [0.05, 0.1) is 11.3 Å². The van der Waals surface area contributed by atoms with E-state index in [4.69, 9.17) is 4.74 Å². The van der Waals surface area contributed by atoms with Crippen LogP contribution in [0.1, 0.15) is 19.4 Å². The second-order valence-corrected chi connectivity index (χ2v) is 7.25. The van der Waals surface area contributed by atoms with Crippen molar-refractivity contribution in [2.24, 2.45) is 0 Å². The molecule has 0 saturated heterocycles. The lowest BCUT2D eigenvalue weighted by atomic mass is 10.2. The average molecular weight is 353 g/mol. The number of hydrogen-bond acceptors (Lipinski definition) is 4. The first-order valence-corrected chi connectivity index (χ1v) is 8.70. The van der Waals surface area contributed by atoms with E-state index in [0.29, 0.717) is 0 Å². The number of amides is 1. The fourth-order valence-corrected chi connectivity index (χ4v) is 2.37. The van der Waals surface area contributed by atoms with E-state index in [0.717, 1.165) is 12.1 Å². The zero-order valence-corrected chi connectivity index (χ0v) is 13.5. The molecule has 0 radical (unpaired) electrons. The van der Waals surface area contributed by atoms with Gasteiger partial charge in [-0.1, -0.05) is 19.1 Å². The SMILES string of the molecule is CCS(=O)(=O)CCNC(=O)C(C)Oc1ccccc1C(F)(F)F. The number of rotatable bonds is 7. The van der Waals surface area contributed by atoms with Crippen LogP contribution in [-0.4, -0.2) is 38.5 Å². The summed E-state index contributed by atoms with van der Waals surface area (Å²) in [6, 6.07) is 4.56. The Morgan fingerprint density at radius 2 is 1.91 bits per heavy atom. The van der Waals surface area contributed by atoms with Crippen LogP contribution in [0.4, 0.5) is 13.2 Å². The van der Waals surface area contributed by atoms with Crippen LogP contribution >= 0.6 is 0 Å². The molecule has 23 heavy (non-hydrogen) atoms. The minimum Gasteiger partial charge on any atom is -0.480 e. The summed E-state index contributed by atoms with van der Waals surface area (Å²) in [5.74, 6) is -1.42. The van der Waals surface area contributed by atoms with Crippen molar-refractivity contribution in [1.82, 2.24) is 5.32 Å². The van der Waals surface area contributed by atoms with Gasteiger partial charge >= 0.3 is 6.18 Å². The Bertz CT molecular complexity index is 644. The van der Waals surface area contributed by atoms with Crippen LogP contribution in [-0.2, 0) is 20.8 Å². The normalized spacial score (nSPS) is 13.4. The largest absolute Gasteiger partial charge is 0.480 e. The van der Waals surface area contributed by atoms with Crippen molar-refractivity contribution in [3.63, 3.8) is 0 Å². The molecule has 0 fully saturated rings. The van der Waals surface area contributed by atoms with Gasteiger partial charge in [-0.15, -0.1) is 0 Å². The van der Waals surface area contributed by atoms with E-state index < -0.39 is 39.3 Å². The summed E-state index contributed by atoms with van der Waals surface area (Å²) in [5, 5.41) is 2.33. The summed E-state index contributed by atoms with van der Waals surface area (Å²) in [6.07, 6.45) is -5.79. The Kier molecular flexibility index (Phi) is 6.43. The highest BCUT2D eigenvalue weighted by Crippen LogP contribution is 2.36. The topological polar surface area (TPSA) is 72.5 Å². The van der Waals surface area contributed by atoms with Gasteiger partial charge < -0.3 is 10.1 Å². The summed E-state index contributed by atoms with van der Waals surface area (Å²) in [5.41, 5.74) is -0.979. The molecule has 0 bridgehead atoms. The first-order chi connectivity index (χ1) is 10.6. The summed E-state index contributed by atoms with van der Waals surface area (Å²) >= 11 is 0. The number of alkyl halides is 3. The van der Waals surface area contributed by atoms with E-state index in [1.807, 2.05) is 0 Å². The maximum Gasteiger partial charge on any atom is 0.419 e. The van der Waals surface area contributed by atoms with Crippen molar-refractivity contribution < 1.29 is 31.1 Å². The smallest absolute Gasteiger partial charge is 0.419 e. The molecule has 1 rings (SSSR count). The summed E-state index contributed by atoms with van der Waals surface area (Å²) in [4.78, 5) is 11.8. The Morgan fingerprint density at radius 3 is 2.48 bits per heavy atom. The highest BCUT2D eigenvalue weighted by molar-refractivity contribution is 7.91. The molecule has 0 spiro atoms. The number of ether oxygens (including phenoxy) is 1. The van der Waals surface area contributed by atoms with Crippen LogP contribution in [0.3, 0.4) is 0 Å². The minimum absolute atomic E-state index is 0.0477. The monoisotopic (exact) mass is 353 g/mol. The molecule has 1 atom stereocenters. The second kappa shape index (κ2) is 7.67. The average Bonchev–Trinajstić information content (AvgIpc) is 2.46. The van der Waals surface area contributed by atoms with Gasteiger partial charge in [0, 0.05) is 12.3 Å². The molecule has 0 aliphatic heterocycles. The van der Waals surface area contributed by atoms with Crippen molar-refractivity contribution in [3.05, 3.63) is 29.8 Å². The van der Waals surface area contributed by atoms with Crippen LogP contribution in [0.5, 0.6) is 5.75 Å². The number of carbonyl (C=O) groups excluding carboxylic acids is 1. The Hall–Kier alpha value is -1.77. The van der Waals surface area contributed by atoms with Crippen molar-refractivity contribution in [3.8, 4) is 5.75 Å². The molecule has 0 aromatic heterocycles. The van der Waals surface area contributed by atoms with E-state index in [1.165, 1.54) is 26.0 Å². The molecule has 1 amide bonds. The lowest BCUT2D eigenvalue weighted by molar-refractivity contribution is -0.140. The molecule has 0 aliphatic carbocycles. The lowest BCUT2D eigenvalue weighted by Crippen LogP contribution is -2.39. The van der Waals surface area contributed by atoms with Crippen molar-refractivity contribution >= 4 is 15.7 Å². The van der Waals surface area contributed by atoms with Crippen LogP contribution in [0.15, 0.2) is 24.3 Å². The number of benzene rings is 1. The Morgan fingerprint density at radius 1 is 1.30 bits per heavy atom. The molecule has 5 nitrogen and oxygen atoms in total. The zero-order chi connectivity index (χ0) is 17.7. The van der Waals surface area contributed by atoms with Crippen molar-refractivity contribution in [2.45, 2.75) is 26.1 Å². The maximum absolute atomic E-state index is 12.8. The number of hydrogen-bond donors (Lipinski definition) is 1. The molecule has 0 saturated carbocycles. The van der Waals surface area contributed by atoms with E-state index in [-0.39, 0.29) is 18.1 Å². The van der Waals surface area contributed by atoms with Gasteiger partial charge in [0.1, 0.15) is 5.75 Å². The van der Waals surface area contributed by atoms with E-state index in [9.17, 15) is 26.4 Å². The lowest BCUT2D eigenvalue weighted by Gasteiger charge is -2.18. The maximum atomic E-state index is 12.8.